The smallest absolute Gasteiger partial charge is 0.266 e. The van der Waals surface area contributed by atoms with Gasteiger partial charge in [-0.2, -0.15) is 8.42 Å². The van der Waals surface area contributed by atoms with E-state index in [9.17, 15) is 8.42 Å². The molecule has 0 saturated carbocycles. The molecule has 1 unspecified atom stereocenters. The number of rotatable bonds is 2. The van der Waals surface area contributed by atoms with Gasteiger partial charge in [0.15, 0.2) is 6.29 Å². The van der Waals surface area contributed by atoms with Crippen molar-refractivity contribution >= 4 is 10.1 Å². The molecule has 0 bridgehead atoms. The van der Waals surface area contributed by atoms with Crippen LogP contribution in [0.5, 0.6) is 0 Å². The minimum absolute atomic E-state index is 0.396. The minimum atomic E-state index is -3.29. The van der Waals surface area contributed by atoms with E-state index in [1.54, 1.807) is 0 Å². The molecule has 0 aromatic heterocycles. The maximum atomic E-state index is 10.2. The first-order valence-electron chi connectivity index (χ1n) is 2.08. The van der Waals surface area contributed by atoms with Gasteiger partial charge in [0.2, 0.25) is 0 Å². The maximum absolute atomic E-state index is 10.2. The first-order chi connectivity index (χ1) is 3.58. The molecule has 1 aliphatic rings. The lowest BCUT2D eigenvalue weighted by molar-refractivity contribution is 0.187. The highest BCUT2D eigenvalue weighted by Gasteiger charge is 2.27. The fourth-order valence-electron chi connectivity index (χ4n) is 0.290. The standard InChI is InChI=1S/C3H6O4S/c1-8(4,5)7-3-2-6-3/h3H,2H2,1H3. The van der Waals surface area contributed by atoms with Gasteiger partial charge in [0.1, 0.15) is 6.61 Å². The van der Waals surface area contributed by atoms with Crippen molar-refractivity contribution in [3.8, 4) is 0 Å². The molecule has 48 valence electrons. The lowest BCUT2D eigenvalue weighted by atomic mass is 10.9. The van der Waals surface area contributed by atoms with Crippen LogP contribution in [0.2, 0.25) is 0 Å². The van der Waals surface area contributed by atoms with Gasteiger partial charge in [-0.25, -0.2) is 4.18 Å². The lowest BCUT2D eigenvalue weighted by Crippen LogP contribution is -2.04. The molecule has 1 heterocycles. The summed E-state index contributed by atoms with van der Waals surface area (Å²) in [4.78, 5) is 0. The van der Waals surface area contributed by atoms with Crippen LogP contribution < -0.4 is 0 Å². The van der Waals surface area contributed by atoms with Crippen LogP contribution in [0.1, 0.15) is 0 Å². The molecule has 1 aliphatic heterocycles. The van der Waals surface area contributed by atoms with Crippen molar-refractivity contribution in [2.24, 2.45) is 0 Å². The fourth-order valence-corrected chi connectivity index (χ4v) is 0.791. The molecular formula is C3H6O4S. The Balaban J connectivity index is 2.38. The van der Waals surface area contributed by atoms with Crippen molar-refractivity contribution in [1.29, 1.82) is 0 Å². The van der Waals surface area contributed by atoms with Gasteiger partial charge in [-0.3, -0.25) is 0 Å². The maximum Gasteiger partial charge on any atom is 0.266 e. The Morgan fingerprint density at radius 1 is 1.75 bits per heavy atom. The van der Waals surface area contributed by atoms with Gasteiger partial charge in [0, 0.05) is 0 Å². The van der Waals surface area contributed by atoms with E-state index in [0.29, 0.717) is 6.61 Å². The van der Waals surface area contributed by atoms with Crippen LogP contribution in [0.25, 0.3) is 0 Å². The summed E-state index contributed by atoms with van der Waals surface area (Å²) in [6, 6.07) is 0. The third-order valence-corrected chi connectivity index (χ3v) is 1.15. The second-order valence-corrected chi connectivity index (χ2v) is 3.16. The Morgan fingerprint density at radius 3 is 2.38 bits per heavy atom. The first-order valence-corrected chi connectivity index (χ1v) is 3.89. The third kappa shape index (κ3) is 2.25. The molecule has 0 aromatic rings. The van der Waals surface area contributed by atoms with E-state index in [-0.39, 0.29) is 0 Å². The molecule has 4 nitrogen and oxygen atoms in total. The van der Waals surface area contributed by atoms with Crippen molar-refractivity contribution in [3.05, 3.63) is 0 Å². The van der Waals surface area contributed by atoms with E-state index in [0.717, 1.165) is 6.26 Å². The third-order valence-electron chi connectivity index (χ3n) is 0.585. The van der Waals surface area contributed by atoms with Crippen molar-refractivity contribution in [2.45, 2.75) is 6.29 Å². The summed E-state index contributed by atoms with van der Waals surface area (Å²) in [6.07, 6.45) is 0.499. The van der Waals surface area contributed by atoms with Crippen LogP contribution in [-0.4, -0.2) is 27.6 Å². The Labute approximate surface area is 47.5 Å². The zero-order chi connectivity index (χ0) is 6.20. The highest BCUT2D eigenvalue weighted by Crippen LogP contribution is 2.12. The molecule has 8 heavy (non-hydrogen) atoms. The normalized spacial score (nSPS) is 27.9. The summed E-state index contributed by atoms with van der Waals surface area (Å²) in [5, 5.41) is 0. The van der Waals surface area contributed by atoms with Crippen molar-refractivity contribution in [1.82, 2.24) is 0 Å². The first kappa shape index (κ1) is 6.00. The molecule has 0 aromatic carbocycles. The largest absolute Gasteiger partial charge is 0.344 e. The quantitative estimate of drug-likeness (QED) is 0.374. The van der Waals surface area contributed by atoms with Crippen molar-refractivity contribution < 1.29 is 17.3 Å². The molecule has 1 saturated heterocycles. The van der Waals surface area contributed by atoms with E-state index < -0.39 is 16.4 Å². The van der Waals surface area contributed by atoms with Crippen LogP contribution in [0.3, 0.4) is 0 Å². The second-order valence-electron chi connectivity index (χ2n) is 1.56. The molecule has 1 atom stereocenters. The average Bonchev–Trinajstić information content (AvgIpc) is 2.12. The number of epoxide rings is 1. The second kappa shape index (κ2) is 1.68. The number of hydrogen-bond acceptors (Lipinski definition) is 4. The molecule has 0 spiro atoms. The Morgan fingerprint density at radius 2 is 2.25 bits per heavy atom. The highest BCUT2D eigenvalue weighted by molar-refractivity contribution is 7.86. The summed E-state index contributed by atoms with van der Waals surface area (Å²) in [5.74, 6) is 0. The minimum Gasteiger partial charge on any atom is -0.344 e. The molecule has 1 fully saturated rings. The van der Waals surface area contributed by atoms with Crippen LogP contribution in [0.4, 0.5) is 0 Å². The molecular weight excluding hydrogens is 132 g/mol. The van der Waals surface area contributed by atoms with Gasteiger partial charge in [-0.1, -0.05) is 0 Å². The summed E-state index contributed by atoms with van der Waals surface area (Å²) >= 11 is 0. The van der Waals surface area contributed by atoms with Gasteiger partial charge in [0.05, 0.1) is 6.26 Å². The molecule has 5 heteroatoms. The fraction of sp³-hybridized carbons (Fsp3) is 1.00. The summed E-state index contributed by atoms with van der Waals surface area (Å²) < 4.78 is 29.1. The van der Waals surface area contributed by atoms with Gasteiger partial charge in [0.25, 0.3) is 10.1 Å². The van der Waals surface area contributed by atoms with Crippen LogP contribution in [0, 0.1) is 0 Å². The highest BCUT2D eigenvalue weighted by atomic mass is 32.2. The van der Waals surface area contributed by atoms with E-state index in [4.69, 9.17) is 0 Å². The predicted molar refractivity (Wildman–Crippen MR) is 25.7 cm³/mol. The van der Waals surface area contributed by atoms with E-state index in [2.05, 4.69) is 8.92 Å². The number of ether oxygens (including phenoxy) is 1. The van der Waals surface area contributed by atoms with Crippen molar-refractivity contribution in [2.75, 3.05) is 12.9 Å². The molecule has 0 amide bonds. The number of hydrogen-bond donors (Lipinski definition) is 0. The molecule has 1 rings (SSSR count). The van der Waals surface area contributed by atoms with Gasteiger partial charge >= 0.3 is 0 Å². The Kier molecular flexibility index (Phi) is 1.26. The topological polar surface area (TPSA) is 55.9 Å². The monoisotopic (exact) mass is 138 g/mol. The average molecular weight is 138 g/mol. The van der Waals surface area contributed by atoms with E-state index >= 15 is 0 Å². The van der Waals surface area contributed by atoms with Gasteiger partial charge in [-0.05, 0) is 0 Å². The van der Waals surface area contributed by atoms with E-state index in [1.165, 1.54) is 0 Å². The lowest BCUT2D eigenvalue weighted by Gasteiger charge is -1.90. The summed E-state index contributed by atoms with van der Waals surface area (Å²) in [5.41, 5.74) is 0. The molecule has 0 N–H and O–H groups in total. The predicted octanol–water partition coefficient (Wildman–Crippen LogP) is -0.681. The van der Waals surface area contributed by atoms with Gasteiger partial charge < -0.3 is 4.74 Å². The zero-order valence-corrected chi connectivity index (χ0v) is 5.14. The van der Waals surface area contributed by atoms with Crippen LogP contribution in [0.15, 0.2) is 0 Å². The SMILES string of the molecule is CS(=O)(=O)OC1CO1. The Hall–Kier alpha value is -0.130. The zero-order valence-electron chi connectivity index (χ0n) is 4.33. The Bertz CT molecular complexity index is 166. The summed E-state index contributed by atoms with van der Waals surface area (Å²) in [7, 11) is -3.29. The van der Waals surface area contributed by atoms with Crippen LogP contribution >= 0.6 is 0 Å². The van der Waals surface area contributed by atoms with Gasteiger partial charge in [-0.15, -0.1) is 0 Å². The van der Waals surface area contributed by atoms with E-state index in [1.807, 2.05) is 0 Å². The van der Waals surface area contributed by atoms with Crippen LogP contribution in [-0.2, 0) is 19.0 Å². The summed E-state index contributed by atoms with van der Waals surface area (Å²) in [6.45, 7) is 0.396. The van der Waals surface area contributed by atoms with Crippen molar-refractivity contribution in [3.63, 3.8) is 0 Å². The molecule has 0 aliphatic carbocycles. The molecule has 0 radical (unpaired) electrons.